The summed E-state index contributed by atoms with van der Waals surface area (Å²) in [6.07, 6.45) is 1.79. The summed E-state index contributed by atoms with van der Waals surface area (Å²) in [5.41, 5.74) is 2.55. The number of carbonyl (C=O) groups excluding carboxylic acids is 1. The number of hydrogen-bond donors (Lipinski definition) is 1. The van der Waals surface area contributed by atoms with Crippen molar-refractivity contribution in [3.63, 3.8) is 0 Å². The molecule has 0 atom stereocenters. The maximum Gasteiger partial charge on any atom is 0.265 e. The second kappa shape index (κ2) is 5.59. The van der Waals surface area contributed by atoms with Crippen molar-refractivity contribution in [1.82, 2.24) is 9.88 Å². The molecule has 4 nitrogen and oxygen atoms in total. The lowest BCUT2D eigenvalue weighted by molar-refractivity contribution is 0.0653. The third-order valence-electron chi connectivity index (χ3n) is 3.63. The highest BCUT2D eigenvalue weighted by atomic mass is 32.1. The number of aliphatic hydroxyl groups excluding tert-OH is 1. The van der Waals surface area contributed by atoms with Gasteiger partial charge in [0.1, 0.15) is 4.88 Å². The van der Waals surface area contributed by atoms with Gasteiger partial charge in [-0.25, -0.2) is 4.98 Å². The second-order valence-corrected chi connectivity index (χ2v) is 7.05. The van der Waals surface area contributed by atoms with E-state index in [1.54, 1.807) is 5.51 Å². The van der Waals surface area contributed by atoms with Crippen LogP contribution in [-0.4, -0.2) is 40.6 Å². The highest BCUT2D eigenvalue weighted by molar-refractivity contribution is 7.11. The van der Waals surface area contributed by atoms with E-state index in [4.69, 9.17) is 5.11 Å². The van der Waals surface area contributed by atoms with Crippen LogP contribution in [-0.2, 0) is 5.41 Å². The largest absolute Gasteiger partial charge is 0.396 e. The number of hydrogen-bond acceptors (Lipinski definition) is 4. The maximum atomic E-state index is 12.6. The van der Waals surface area contributed by atoms with Crippen LogP contribution in [0.15, 0.2) is 5.51 Å². The van der Waals surface area contributed by atoms with E-state index >= 15 is 0 Å². The van der Waals surface area contributed by atoms with Crippen LogP contribution in [0.3, 0.4) is 0 Å². The summed E-state index contributed by atoms with van der Waals surface area (Å²) < 4.78 is 0. The van der Waals surface area contributed by atoms with E-state index in [0.717, 1.165) is 36.5 Å². The highest BCUT2D eigenvalue weighted by Gasteiger charge is 2.29. The van der Waals surface area contributed by atoms with E-state index < -0.39 is 0 Å². The molecule has 1 saturated heterocycles. The van der Waals surface area contributed by atoms with Gasteiger partial charge in [0.25, 0.3) is 5.91 Å². The monoisotopic (exact) mass is 282 g/mol. The maximum absolute atomic E-state index is 12.6. The molecule has 19 heavy (non-hydrogen) atoms. The number of aromatic nitrogens is 1. The molecule has 0 aliphatic carbocycles. The molecule has 106 valence electrons. The smallest absolute Gasteiger partial charge is 0.265 e. The minimum atomic E-state index is -0.103. The minimum Gasteiger partial charge on any atom is -0.396 e. The first-order valence-corrected chi connectivity index (χ1v) is 7.65. The van der Waals surface area contributed by atoms with E-state index in [-0.39, 0.29) is 17.9 Å². The SMILES string of the molecule is CC(C)(C)c1ncsc1C(=O)N1CCC(CO)CC1. The van der Waals surface area contributed by atoms with Gasteiger partial charge in [-0.1, -0.05) is 20.8 Å². The molecule has 1 N–H and O–H groups in total. The Morgan fingerprint density at radius 2 is 2.11 bits per heavy atom. The van der Waals surface area contributed by atoms with Crippen LogP contribution in [0, 0.1) is 5.92 Å². The van der Waals surface area contributed by atoms with Gasteiger partial charge < -0.3 is 10.0 Å². The fraction of sp³-hybridized carbons (Fsp3) is 0.714. The number of nitrogens with zero attached hydrogens (tertiary/aromatic N) is 2. The Morgan fingerprint density at radius 3 is 2.63 bits per heavy atom. The third kappa shape index (κ3) is 3.15. The number of thiazole rings is 1. The van der Waals surface area contributed by atoms with Crippen LogP contribution in [0.1, 0.15) is 49.0 Å². The quantitative estimate of drug-likeness (QED) is 0.905. The Labute approximate surface area is 118 Å². The average Bonchev–Trinajstić information content (AvgIpc) is 2.87. The zero-order valence-corrected chi connectivity index (χ0v) is 12.7. The summed E-state index contributed by atoms with van der Waals surface area (Å²) >= 11 is 1.43. The van der Waals surface area contributed by atoms with Crippen molar-refractivity contribution in [3.05, 3.63) is 16.1 Å². The number of amides is 1. The minimum absolute atomic E-state index is 0.101. The zero-order valence-electron chi connectivity index (χ0n) is 11.8. The van der Waals surface area contributed by atoms with Crippen LogP contribution in [0.25, 0.3) is 0 Å². The van der Waals surface area contributed by atoms with Gasteiger partial charge in [0.2, 0.25) is 0 Å². The fourth-order valence-electron chi connectivity index (χ4n) is 2.39. The lowest BCUT2D eigenvalue weighted by Gasteiger charge is -2.31. The predicted molar refractivity (Wildman–Crippen MR) is 76.5 cm³/mol. The number of carbonyl (C=O) groups is 1. The van der Waals surface area contributed by atoms with Gasteiger partial charge in [0.15, 0.2) is 0 Å². The Hall–Kier alpha value is -0.940. The summed E-state index contributed by atoms with van der Waals surface area (Å²) in [7, 11) is 0. The molecule has 0 radical (unpaired) electrons. The van der Waals surface area contributed by atoms with Crippen LogP contribution in [0.5, 0.6) is 0 Å². The molecule has 1 amide bonds. The van der Waals surface area contributed by atoms with Crippen molar-refractivity contribution in [2.75, 3.05) is 19.7 Å². The molecule has 0 saturated carbocycles. The van der Waals surface area contributed by atoms with Crippen molar-refractivity contribution in [3.8, 4) is 0 Å². The summed E-state index contributed by atoms with van der Waals surface area (Å²) in [6.45, 7) is 7.96. The highest BCUT2D eigenvalue weighted by Crippen LogP contribution is 2.29. The van der Waals surface area contributed by atoms with Gasteiger partial charge in [-0.2, -0.15) is 0 Å². The van der Waals surface area contributed by atoms with Crippen molar-refractivity contribution >= 4 is 17.2 Å². The molecule has 0 aromatic carbocycles. The van der Waals surface area contributed by atoms with Crippen molar-refractivity contribution in [2.45, 2.75) is 39.0 Å². The third-order valence-corrected chi connectivity index (χ3v) is 4.45. The molecule has 2 heterocycles. The summed E-state index contributed by atoms with van der Waals surface area (Å²) in [4.78, 5) is 19.6. The normalized spacial score (nSPS) is 17.8. The predicted octanol–water partition coefficient (Wildman–Crippen LogP) is 2.29. The van der Waals surface area contributed by atoms with Crippen molar-refractivity contribution < 1.29 is 9.90 Å². The van der Waals surface area contributed by atoms with E-state index in [1.165, 1.54) is 11.3 Å². The molecule has 1 fully saturated rings. The van der Waals surface area contributed by atoms with E-state index in [9.17, 15) is 4.79 Å². The lowest BCUT2D eigenvalue weighted by atomic mass is 9.91. The number of likely N-dealkylation sites (tertiary alicyclic amines) is 1. The molecule has 0 spiro atoms. The molecule has 1 aromatic heterocycles. The van der Waals surface area contributed by atoms with E-state index in [0.29, 0.717) is 5.92 Å². The van der Waals surface area contributed by atoms with Gasteiger partial charge in [0.05, 0.1) is 11.2 Å². The molecule has 1 aliphatic heterocycles. The number of piperidine rings is 1. The lowest BCUT2D eigenvalue weighted by Crippen LogP contribution is -2.39. The first-order valence-electron chi connectivity index (χ1n) is 6.77. The van der Waals surface area contributed by atoms with Gasteiger partial charge in [-0.05, 0) is 18.8 Å². The molecular formula is C14H22N2O2S. The van der Waals surface area contributed by atoms with Gasteiger partial charge in [0, 0.05) is 25.1 Å². The standard InChI is InChI=1S/C14H22N2O2S/c1-14(2,3)12-11(19-9-15-12)13(18)16-6-4-10(8-17)5-7-16/h9-10,17H,4-8H2,1-3H3. The molecule has 0 unspecified atom stereocenters. The van der Waals surface area contributed by atoms with Gasteiger partial charge in [-0.3, -0.25) is 4.79 Å². The molecular weight excluding hydrogens is 260 g/mol. The van der Waals surface area contributed by atoms with E-state index in [1.807, 2.05) is 4.90 Å². The molecule has 2 rings (SSSR count). The first kappa shape index (κ1) is 14.5. The Kier molecular flexibility index (Phi) is 4.26. The molecule has 0 bridgehead atoms. The van der Waals surface area contributed by atoms with Crippen LogP contribution in [0.4, 0.5) is 0 Å². The van der Waals surface area contributed by atoms with Gasteiger partial charge in [-0.15, -0.1) is 11.3 Å². The van der Waals surface area contributed by atoms with Crippen molar-refractivity contribution in [1.29, 1.82) is 0 Å². The fourth-order valence-corrected chi connectivity index (χ4v) is 3.36. The van der Waals surface area contributed by atoms with E-state index in [2.05, 4.69) is 25.8 Å². The zero-order chi connectivity index (χ0) is 14.0. The summed E-state index contributed by atoms with van der Waals surface area (Å²) in [5, 5.41) is 9.14. The van der Waals surface area contributed by atoms with Crippen LogP contribution in [0.2, 0.25) is 0 Å². The molecule has 1 aliphatic rings. The Bertz CT molecular complexity index is 443. The number of aliphatic hydroxyl groups is 1. The first-order chi connectivity index (χ1) is 8.93. The molecule has 5 heteroatoms. The van der Waals surface area contributed by atoms with Crippen LogP contribution < -0.4 is 0 Å². The summed E-state index contributed by atoms with van der Waals surface area (Å²) in [6, 6.07) is 0. The summed E-state index contributed by atoms with van der Waals surface area (Å²) in [5.74, 6) is 0.455. The average molecular weight is 282 g/mol. The number of rotatable bonds is 2. The van der Waals surface area contributed by atoms with Gasteiger partial charge >= 0.3 is 0 Å². The molecule has 1 aromatic rings. The Morgan fingerprint density at radius 1 is 1.47 bits per heavy atom. The Balaban J connectivity index is 2.11. The topological polar surface area (TPSA) is 53.4 Å². The second-order valence-electron chi connectivity index (χ2n) is 6.20. The van der Waals surface area contributed by atoms with Crippen molar-refractivity contribution in [2.24, 2.45) is 5.92 Å². The van der Waals surface area contributed by atoms with Crippen LogP contribution >= 0.6 is 11.3 Å².